The number of likely N-dealkylation sites (tertiary alicyclic amines) is 2. The maximum Gasteiger partial charge on any atom is 0.328 e. The molecule has 0 saturated carbocycles. The van der Waals surface area contributed by atoms with Crippen LogP contribution in [0.25, 0.3) is 0 Å². The van der Waals surface area contributed by atoms with Crippen LogP contribution in [-0.4, -0.2) is 117 Å². The van der Waals surface area contributed by atoms with Crippen molar-refractivity contribution in [3.8, 4) is 5.75 Å². The second kappa shape index (κ2) is 16.0. The van der Waals surface area contributed by atoms with E-state index in [1.807, 2.05) is 0 Å². The molecule has 0 aliphatic carbocycles. The first-order chi connectivity index (χ1) is 21.3. The van der Waals surface area contributed by atoms with Crippen molar-refractivity contribution in [1.29, 1.82) is 0 Å². The average Bonchev–Trinajstić information content (AvgIpc) is 3.68. The Morgan fingerprint density at radius 3 is 2.22 bits per heavy atom. The Kier molecular flexibility index (Phi) is 12.5. The van der Waals surface area contributed by atoms with Gasteiger partial charge in [0.25, 0.3) is 0 Å². The Hall–Kier alpha value is -4.44. The van der Waals surface area contributed by atoms with Crippen LogP contribution in [0.4, 0.5) is 0 Å². The number of aliphatic carboxylic acids is 1. The van der Waals surface area contributed by atoms with E-state index in [-0.39, 0.29) is 44.2 Å². The largest absolute Gasteiger partial charge is 0.508 e. The minimum absolute atomic E-state index is 0.0333. The molecular formula is C29H44N8O8. The fourth-order valence-corrected chi connectivity index (χ4v) is 5.62. The van der Waals surface area contributed by atoms with Crippen LogP contribution >= 0.6 is 0 Å². The smallest absolute Gasteiger partial charge is 0.328 e. The highest BCUT2D eigenvalue weighted by Gasteiger charge is 2.44. The number of aromatic hydroxyl groups is 1. The highest BCUT2D eigenvalue weighted by molar-refractivity contribution is 5.96. The highest BCUT2D eigenvalue weighted by Crippen LogP contribution is 2.26. The van der Waals surface area contributed by atoms with Gasteiger partial charge < -0.3 is 53.0 Å². The average molecular weight is 633 g/mol. The van der Waals surface area contributed by atoms with Crippen molar-refractivity contribution >= 4 is 35.6 Å². The monoisotopic (exact) mass is 632 g/mol. The standard InChI is InChI=1S/C29H44N8O8/c1-16(38)23(28(44)45)35-25(41)21-6-3-13-36(21)27(43)22-7-4-14-37(22)26(42)20(15-17-8-10-18(39)11-9-17)34-24(40)19(30)5-2-12-33-29(31)32/h8-11,16,19-23,38-39H,2-7,12-15,30H2,1H3,(H,34,40)(H,35,41)(H,44,45)(H4,31,32,33). The van der Waals surface area contributed by atoms with Gasteiger partial charge >= 0.3 is 5.97 Å². The molecule has 11 N–H and O–H groups in total. The summed E-state index contributed by atoms with van der Waals surface area (Å²) in [5.74, 6) is -3.67. The fourth-order valence-electron chi connectivity index (χ4n) is 5.62. The Morgan fingerprint density at radius 1 is 1.00 bits per heavy atom. The lowest BCUT2D eigenvalue weighted by Crippen LogP contribution is -2.58. The Labute approximate surface area is 261 Å². The Bertz CT molecular complexity index is 1250. The molecule has 4 amide bonds. The van der Waals surface area contributed by atoms with Crippen LogP contribution < -0.4 is 27.8 Å². The van der Waals surface area contributed by atoms with Gasteiger partial charge in [0.2, 0.25) is 23.6 Å². The lowest BCUT2D eigenvalue weighted by Gasteiger charge is -2.33. The van der Waals surface area contributed by atoms with Crippen LogP contribution in [0.3, 0.4) is 0 Å². The molecule has 2 aliphatic heterocycles. The molecule has 0 aromatic heterocycles. The van der Waals surface area contributed by atoms with Crippen LogP contribution in [0.2, 0.25) is 0 Å². The zero-order chi connectivity index (χ0) is 33.3. The number of phenolic OH excluding ortho intramolecular Hbond substituents is 1. The summed E-state index contributed by atoms with van der Waals surface area (Å²) < 4.78 is 0. The number of phenols is 1. The van der Waals surface area contributed by atoms with Crippen LogP contribution in [-0.2, 0) is 30.4 Å². The summed E-state index contributed by atoms with van der Waals surface area (Å²) in [5, 5.41) is 33.9. The van der Waals surface area contributed by atoms with Gasteiger partial charge in [0.15, 0.2) is 12.0 Å². The molecule has 2 heterocycles. The zero-order valence-electron chi connectivity index (χ0n) is 25.3. The minimum Gasteiger partial charge on any atom is -0.508 e. The van der Waals surface area contributed by atoms with Crippen LogP contribution in [0.15, 0.2) is 29.3 Å². The molecule has 0 spiro atoms. The van der Waals surface area contributed by atoms with E-state index in [1.165, 1.54) is 28.9 Å². The van der Waals surface area contributed by atoms with E-state index in [1.54, 1.807) is 12.1 Å². The van der Waals surface area contributed by atoms with E-state index in [4.69, 9.17) is 17.2 Å². The van der Waals surface area contributed by atoms with Gasteiger partial charge in [-0.25, -0.2) is 4.79 Å². The van der Waals surface area contributed by atoms with Gasteiger partial charge in [-0.3, -0.25) is 24.2 Å². The first kappa shape index (κ1) is 35.0. The van der Waals surface area contributed by atoms with Gasteiger partial charge in [-0.15, -0.1) is 0 Å². The summed E-state index contributed by atoms with van der Waals surface area (Å²) in [4.78, 5) is 72.0. The number of benzene rings is 1. The van der Waals surface area contributed by atoms with Crippen molar-refractivity contribution in [2.75, 3.05) is 19.6 Å². The molecule has 2 aliphatic rings. The molecule has 6 atom stereocenters. The number of nitrogens with zero attached hydrogens (tertiary/aromatic N) is 3. The molecule has 6 unspecified atom stereocenters. The molecule has 2 saturated heterocycles. The Morgan fingerprint density at radius 2 is 1.62 bits per heavy atom. The van der Waals surface area contributed by atoms with Gasteiger partial charge in [-0.05, 0) is 63.1 Å². The van der Waals surface area contributed by atoms with Gasteiger partial charge in [0.1, 0.15) is 23.9 Å². The first-order valence-electron chi connectivity index (χ1n) is 15.0. The summed E-state index contributed by atoms with van der Waals surface area (Å²) in [6.45, 7) is 2.01. The predicted molar refractivity (Wildman–Crippen MR) is 162 cm³/mol. The van der Waals surface area contributed by atoms with E-state index >= 15 is 0 Å². The molecule has 2 fully saturated rings. The second-order valence-corrected chi connectivity index (χ2v) is 11.4. The predicted octanol–water partition coefficient (Wildman–Crippen LogP) is -2.27. The minimum atomic E-state index is -1.54. The lowest BCUT2D eigenvalue weighted by molar-refractivity contribution is -0.149. The van der Waals surface area contributed by atoms with Crippen LogP contribution in [0, 0.1) is 0 Å². The number of carboxylic acids is 1. The summed E-state index contributed by atoms with van der Waals surface area (Å²) in [5.41, 5.74) is 17.4. The van der Waals surface area contributed by atoms with Gasteiger partial charge in [-0.2, -0.15) is 0 Å². The van der Waals surface area contributed by atoms with Crippen molar-refractivity contribution < 1.29 is 39.3 Å². The Balaban J connectivity index is 1.76. The van der Waals surface area contributed by atoms with Crippen molar-refractivity contribution in [3.05, 3.63) is 29.8 Å². The fraction of sp³-hybridized carbons (Fsp3) is 0.586. The molecule has 0 bridgehead atoms. The number of nitrogens with two attached hydrogens (primary N) is 3. The van der Waals surface area contributed by atoms with E-state index in [0.29, 0.717) is 37.7 Å². The van der Waals surface area contributed by atoms with E-state index in [2.05, 4.69) is 15.6 Å². The van der Waals surface area contributed by atoms with Crippen molar-refractivity contribution in [2.45, 2.75) is 88.2 Å². The number of carbonyl (C=O) groups is 5. The number of aliphatic hydroxyl groups is 1. The molecule has 3 rings (SSSR count). The third-order valence-corrected chi connectivity index (χ3v) is 8.00. The van der Waals surface area contributed by atoms with Crippen molar-refractivity contribution in [2.24, 2.45) is 22.2 Å². The maximum absolute atomic E-state index is 14.0. The molecule has 1 aromatic rings. The number of rotatable bonds is 14. The molecule has 248 valence electrons. The molecule has 16 heteroatoms. The number of aliphatic imine (C=N–C) groups is 1. The van der Waals surface area contributed by atoms with E-state index < -0.39 is 65.9 Å². The van der Waals surface area contributed by atoms with Gasteiger partial charge in [-0.1, -0.05) is 12.1 Å². The molecule has 45 heavy (non-hydrogen) atoms. The van der Waals surface area contributed by atoms with Gasteiger partial charge in [0, 0.05) is 26.1 Å². The molecule has 0 radical (unpaired) electrons. The highest BCUT2D eigenvalue weighted by atomic mass is 16.4. The summed E-state index contributed by atoms with van der Waals surface area (Å²) >= 11 is 0. The third-order valence-electron chi connectivity index (χ3n) is 8.00. The zero-order valence-corrected chi connectivity index (χ0v) is 25.3. The third kappa shape index (κ3) is 9.52. The van der Waals surface area contributed by atoms with E-state index in [0.717, 1.165) is 0 Å². The normalized spacial score (nSPS) is 20.5. The number of hydrogen-bond acceptors (Lipinski definition) is 9. The number of guanidine groups is 1. The number of nitrogens with one attached hydrogen (secondary N) is 2. The number of amides is 4. The lowest BCUT2D eigenvalue weighted by atomic mass is 10.0. The van der Waals surface area contributed by atoms with Gasteiger partial charge in [0.05, 0.1) is 12.1 Å². The van der Waals surface area contributed by atoms with Crippen molar-refractivity contribution in [1.82, 2.24) is 20.4 Å². The number of hydrogen-bond donors (Lipinski definition) is 8. The summed E-state index contributed by atoms with van der Waals surface area (Å²) in [7, 11) is 0. The number of carboxylic acid groups (broad SMARTS) is 1. The van der Waals surface area contributed by atoms with E-state index in [9.17, 15) is 39.3 Å². The van der Waals surface area contributed by atoms with Crippen molar-refractivity contribution in [3.63, 3.8) is 0 Å². The summed E-state index contributed by atoms with van der Waals surface area (Å²) in [6, 6.07) is 0.725. The number of carbonyl (C=O) groups excluding carboxylic acids is 4. The number of aliphatic hydroxyl groups excluding tert-OH is 1. The van der Waals surface area contributed by atoms with Crippen LogP contribution in [0.5, 0.6) is 5.75 Å². The molecular weight excluding hydrogens is 588 g/mol. The SMILES string of the molecule is CC(O)C(NC(=O)C1CCCN1C(=O)C1CCCN1C(=O)C(Cc1ccc(O)cc1)NC(=O)C(N)CCCN=C(N)N)C(=O)O. The quantitative estimate of drug-likeness (QED) is 0.0616. The van der Waals surface area contributed by atoms with Crippen LogP contribution in [0.1, 0.15) is 51.0 Å². The molecule has 16 nitrogen and oxygen atoms in total. The maximum atomic E-state index is 14.0. The molecule has 1 aromatic carbocycles. The second-order valence-electron chi connectivity index (χ2n) is 11.4. The summed E-state index contributed by atoms with van der Waals surface area (Å²) in [6.07, 6.45) is 1.04. The topological polar surface area (TPSA) is 267 Å². The first-order valence-corrected chi connectivity index (χ1v) is 15.0.